The van der Waals surface area contributed by atoms with Crippen LogP contribution in [0.3, 0.4) is 0 Å². The van der Waals surface area contributed by atoms with Gasteiger partial charge in [-0.25, -0.2) is 4.39 Å². The first-order valence-electron chi connectivity index (χ1n) is 5.54. The molecule has 1 aliphatic carbocycles. The number of halogens is 1. The zero-order valence-electron chi connectivity index (χ0n) is 10.0. The first-order chi connectivity index (χ1) is 7.42. The Labute approximate surface area is 95.6 Å². The van der Waals surface area contributed by atoms with Gasteiger partial charge in [-0.2, -0.15) is 0 Å². The first kappa shape index (κ1) is 11.4. The molecule has 1 fully saturated rings. The van der Waals surface area contributed by atoms with Gasteiger partial charge in [0.2, 0.25) is 0 Å². The molecule has 0 radical (unpaired) electrons. The van der Waals surface area contributed by atoms with Crippen LogP contribution in [0.2, 0.25) is 0 Å². The second-order valence-electron chi connectivity index (χ2n) is 5.10. The largest absolute Gasteiger partial charge is 0.493 e. The van der Waals surface area contributed by atoms with Crippen molar-refractivity contribution in [1.82, 2.24) is 0 Å². The zero-order valence-corrected chi connectivity index (χ0v) is 10.0. The van der Waals surface area contributed by atoms with E-state index in [1.807, 2.05) is 6.07 Å². The lowest BCUT2D eigenvalue weighted by Gasteiger charge is -2.33. The van der Waals surface area contributed by atoms with Crippen LogP contribution in [0.1, 0.15) is 32.3 Å². The third-order valence-corrected chi connectivity index (χ3v) is 3.88. The van der Waals surface area contributed by atoms with Gasteiger partial charge in [0, 0.05) is 16.5 Å². The predicted molar refractivity (Wildman–Crippen MR) is 62.1 cm³/mol. The number of rotatable bonds is 3. The van der Waals surface area contributed by atoms with Crippen molar-refractivity contribution < 1.29 is 9.13 Å². The maximum Gasteiger partial charge on any atom is 0.165 e. The molecule has 88 valence electrons. The number of benzene rings is 1. The second kappa shape index (κ2) is 3.45. The number of nitrogens with two attached hydrogens (primary N) is 1. The summed E-state index contributed by atoms with van der Waals surface area (Å²) in [6.45, 7) is 4.11. The van der Waals surface area contributed by atoms with E-state index in [4.69, 9.17) is 10.5 Å². The number of ether oxygens (including phenoxy) is 1. The number of hydrogen-bond acceptors (Lipinski definition) is 2. The summed E-state index contributed by atoms with van der Waals surface area (Å²) in [6.07, 6.45) is 1.97. The van der Waals surface area contributed by atoms with E-state index in [9.17, 15) is 4.39 Å². The van der Waals surface area contributed by atoms with E-state index in [2.05, 4.69) is 13.8 Å². The Morgan fingerprint density at radius 1 is 1.38 bits per heavy atom. The van der Waals surface area contributed by atoms with Gasteiger partial charge < -0.3 is 10.5 Å². The predicted octanol–water partition coefficient (Wildman–Crippen LogP) is 2.60. The fourth-order valence-electron chi connectivity index (χ4n) is 2.24. The Balaban J connectivity index is 2.51. The zero-order chi connectivity index (χ0) is 12.0. The molecule has 0 heterocycles. The van der Waals surface area contributed by atoms with E-state index in [-0.39, 0.29) is 16.8 Å². The lowest BCUT2D eigenvalue weighted by Crippen LogP contribution is -2.43. The molecule has 1 aliphatic rings. The van der Waals surface area contributed by atoms with Crippen LogP contribution in [-0.4, -0.2) is 12.6 Å². The molecule has 0 bridgehead atoms. The molecule has 0 aromatic heterocycles. The van der Waals surface area contributed by atoms with E-state index < -0.39 is 0 Å². The Kier molecular flexibility index (Phi) is 2.46. The summed E-state index contributed by atoms with van der Waals surface area (Å²) in [5.74, 6) is 0.00144. The molecular weight excluding hydrogens is 205 g/mol. The lowest BCUT2D eigenvalue weighted by molar-refractivity contribution is 0.339. The molecule has 2 nitrogen and oxygen atoms in total. The highest BCUT2D eigenvalue weighted by atomic mass is 19.1. The normalized spacial score (nSPS) is 18.3. The molecule has 3 heteroatoms. The highest BCUT2D eigenvalue weighted by molar-refractivity contribution is 5.44. The molecule has 1 aromatic rings. The third kappa shape index (κ3) is 1.50. The van der Waals surface area contributed by atoms with Gasteiger partial charge in [0.15, 0.2) is 11.6 Å². The average molecular weight is 223 g/mol. The number of methoxy groups -OCH3 is 1. The van der Waals surface area contributed by atoms with Gasteiger partial charge in [0.05, 0.1) is 7.11 Å². The highest BCUT2D eigenvalue weighted by Gasteiger charge is 2.53. The van der Waals surface area contributed by atoms with Gasteiger partial charge in [-0.1, -0.05) is 26.0 Å². The third-order valence-electron chi connectivity index (χ3n) is 3.88. The smallest absolute Gasteiger partial charge is 0.165 e. The van der Waals surface area contributed by atoms with E-state index in [0.29, 0.717) is 5.75 Å². The van der Waals surface area contributed by atoms with Crippen LogP contribution < -0.4 is 10.5 Å². The van der Waals surface area contributed by atoms with Crippen LogP contribution in [0.25, 0.3) is 0 Å². The number of para-hydroxylation sites is 1. The van der Waals surface area contributed by atoms with Crippen molar-refractivity contribution in [2.45, 2.75) is 37.6 Å². The minimum absolute atomic E-state index is 0.214. The topological polar surface area (TPSA) is 35.2 Å². The molecule has 0 atom stereocenters. The van der Waals surface area contributed by atoms with Gasteiger partial charge in [0.25, 0.3) is 0 Å². The van der Waals surface area contributed by atoms with Crippen molar-refractivity contribution in [3.63, 3.8) is 0 Å². The fraction of sp³-hybridized carbons (Fsp3) is 0.538. The quantitative estimate of drug-likeness (QED) is 0.854. The molecule has 0 amide bonds. The van der Waals surface area contributed by atoms with Crippen LogP contribution in [-0.2, 0) is 5.41 Å². The molecule has 0 saturated heterocycles. The Morgan fingerprint density at radius 2 is 2.00 bits per heavy atom. The van der Waals surface area contributed by atoms with E-state index in [1.165, 1.54) is 13.2 Å². The fourth-order valence-corrected chi connectivity index (χ4v) is 2.24. The molecule has 2 rings (SSSR count). The minimum Gasteiger partial charge on any atom is -0.493 e. The van der Waals surface area contributed by atoms with Gasteiger partial charge in [-0.3, -0.25) is 0 Å². The lowest BCUT2D eigenvalue weighted by atomic mass is 9.75. The summed E-state index contributed by atoms with van der Waals surface area (Å²) >= 11 is 0. The van der Waals surface area contributed by atoms with E-state index in [1.54, 1.807) is 6.07 Å². The van der Waals surface area contributed by atoms with Crippen molar-refractivity contribution in [3.8, 4) is 5.75 Å². The Bertz CT molecular complexity index is 410. The van der Waals surface area contributed by atoms with Crippen molar-refractivity contribution in [2.75, 3.05) is 7.11 Å². The summed E-state index contributed by atoms with van der Waals surface area (Å²) in [5.41, 5.74) is 6.63. The van der Waals surface area contributed by atoms with Crippen LogP contribution in [0, 0.1) is 5.82 Å². The summed E-state index contributed by atoms with van der Waals surface area (Å²) in [5, 5.41) is 0. The van der Waals surface area contributed by atoms with Gasteiger partial charge >= 0.3 is 0 Å². The van der Waals surface area contributed by atoms with Crippen LogP contribution in [0.15, 0.2) is 18.2 Å². The van der Waals surface area contributed by atoms with Crippen molar-refractivity contribution in [2.24, 2.45) is 5.73 Å². The van der Waals surface area contributed by atoms with Crippen molar-refractivity contribution in [3.05, 3.63) is 29.6 Å². The van der Waals surface area contributed by atoms with E-state index >= 15 is 0 Å². The van der Waals surface area contributed by atoms with Crippen molar-refractivity contribution >= 4 is 0 Å². The van der Waals surface area contributed by atoms with E-state index in [0.717, 1.165) is 18.4 Å². The van der Waals surface area contributed by atoms with Gasteiger partial charge in [-0.05, 0) is 18.9 Å². The average Bonchev–Trinajstić information content (AvgIpc) is 2.97. The molecular formula is C13H18FNO. The minimum atomic E-state index is -0.322. The molecule has 1 aromatic carbocycles. The molecule has 0 aliphatic heterocycles. The molecule has 16 heavy (non-hydrogen) atoms. The SMILES string of the molecule is COc1c(F)cccc1C(C)(C)C1(N)CC1. The second-order valence-corrected chi connectivity index (χ2v) is 5.10. The molecule has 0 spiro atoms. The van der Waals surface area contributed by atoms with Crippen LogP contribution in [0.4, 0.5) is 4.39 Å². The Hall–Kier alpha value is -1.09. The summed E-state index contributed by atoms with van der Waals surface area (Å²) in [6, 6.07) is 5.02. The Morgan fingerprint density at radius 3 is 2.50 bits per heavy atom. The molecule has 0 unspecified atom stereocenters. The van der Waals surface area contributed by atoms with Gasteiger partial charge in [0.1, 0.15) is 0 Å². The standard InChI is InChI=1S/C13H18FNO/c1-12(2,13(15)7-8-13)9-5-4-6-10(14)11(9)16-3/h4-6H,7-8,15H2,1-3H3. The van der Waals surface area contributed by atoms with Gasteiger partial charge in [-0.15, -0.1) is 0 Å². The van der Waals surface area contributed by atoms with Crippen LogP contribution in [0.5, 0.6) is 5.75 Å². The van der Waals surface area contributed by atoms with Crippen molar-refractivity contribution in [1.29, 1.82) is 0 Å². The van der Waals surface area contributed by atoms with Crippen LogP contribution >= 0.6 is 0 Å². The monoisotopic (exact) mass is 223 g/mol. The maximum absolute atomic E-state index is 13.6. The summed E-state index contributed by atoms with van der Waals surface area (Å²) < 4.78 is 18.8. The molecule has 1 saturated carbocycles. The summed E-state index contributed by atoms with van der Waals surface area (Å²) in [4.78, 5) is 0. The molecule has 2 N–H and O–H groups in total. The summed E-state index contributed by atoms with van der Waals surface area (Å²) in [7, 11) is 1.49. The first-order valence-corrected chi connectivity index (χ1v) is 5.54. The maximum atomic E-state index is 13.6. The number of hydrogen-bond donors (Lipinski definition) is 1. The highest BCUT2D eigenvalue weighted by Crippen LogP contribution is 2.51.